The molecule has 0 saturated carbocycles. The third-order valence-corrected chi connectivity index (χ3v) is 4.25. The molecule has 0 radical (unpaired) electrons. The Kier molecular flexibility index (Phi) is 4.23. The summed E-state index contributed by atoms with van der Waals surface area (Å²) in [5, 5.41) is 3.59. The summed E-state index contributed by atoms with van der Waals surface area (Å²) in [4.78, 5) is 0. The molecule has 2 aromatic carbocycles. The molecule has 1 unspecified atom stereocenters. The van der Waals surface area contributed by atoms with Gasteiger partial charge in [-0.2, -0.15) is 0 Å². The van der Waals surface area contributed by atoms with Crippen molar-refractivity contribution >= 4 is 5.69 Å². The van der Waals surface area contributed by atoms with Gasteiger partial charge in [0.15, 0.2) is 11.5 Å². The Morgan fingerprint density at radius 1 is 1.00 bits per heavy atom. The molecule has 0 aromatic heterocycles. The zero-order valence-corrected chi connectivity index (χ0v) is 13.5. The standard InChI is InChI=1S/C19H23NO2/c1-13-6-4-7-17(14(13)2)20-15(3)16-8-9-18-19(12-16)22-11-5-10-21-18/h4,6-9,12,15,20H,5,10-11H2,1-3H3. The highest BCUT2D eigenvalue weighted by Gasteiger charge is 2.14. The summed E-state index contributed by atoms with van der Waals surface area (Å²) in [5.74, 6) is 1.70. The molecule has 3 heteroatoms. The lowest BCUT2D eigenvalue weighted by atomic mass is 10.0. The average Bonchev–Trinajstić information content (AvgIpc) is 2.76. The zero-order valence-electron chi connectivity index (χ0n) is 13.5. The van der Waals surface area contributed by atoms with Gasteiger partial charge in [-0.3, -0.25) is 0 Å². The maximum absolute atomic E-state index is 5.78. The van der Waals surface area contributed by atoms with E-state index in [4.69, 9.17) is 9.47 Å². The molecule has 1 atom stereocenters. The molecule has 116 valence electrons. The molecule has 22 heavy (non-hydrogen) atoms. The van der Waals surface area contributed by atoms with E-state index < -0.39 is 0 Å². The van der Waals surface area contributed by atoms with Crippen molar-refractivity contribution in [2.24, 2.45) is 0 Å². The Morgan fingerprint density at radius 3 is 2.59 bits per heavy atom. The van der Waals surface area contributed by atoms with Crippen LogP contribution in [0.4, 0.5) is 5.69 Å². The predicted molar refractivity (Wildman–Crippen MR) is 90.0 cm³/mol. The van der Waals surface area contributed by atoms with Crippen molar-refractivity contribution in [3.63, 3.8) is 0 Å². The van der Waals surface area contributed by atoms with Crippen molar-refractivity contribution in [2.75, 3.05) is 18.5 Å². The molecular formula is C19H23NO2. The number of fused-ring (bicyclic) bond motifs is 1. The second kappa shape index (κ2) is 6.30. The molecule has 1 N–H and O–H groups in total. The van der Waals surface area contributed by atoms with Gasteiger partial charge in [0.05, 0.1) is 13.2 Å². The lowest BCUT2D eigenvalue weighted by Crippen LogP contribution is -2.08. The molecular weight excluding hydrogens is 274 g/mol. The molecule has 1 aliphatic heterocycles. The van der Waals surface area contributed by atoms with E-state index in [1.165, 1.54) is 22.4 Å². The minimum atomic E-state index is 0.206. The van der Waals surface area contributed by atoms with Crippen molar-refractivity contribution in [3.8, 4) is 11.5 Å². The minimum absolute atomic E-state index is 0.206. The molecule has 3 nitrogen and oxygen atoms in total. The number of rotatable bonds is 3. The van der Waals surface area contributed by atoms with E-state index in [9.17, 15) is 0 Å². The van der Waals surface area contributed by atoms with E-state index in [0.29, 0.717) is 0 Å². The average molecular weight is 297 g/mol. The van der Waals surface area contributed by atoms with E-state index in [2.05, 4.69) is 56.4 Å². The van der Waals surface area contributed by atoms with Crippen LogP contribution in [0.2, 0.25) is 0 Å². The van der Waals surface area contributed by atoms with Crippen LogP contribution >= 0.6 is 0 Å². The number of benzene rings is 2. The van der Waals surface area contributed by atoms with Crippen LogP contribution in [0.1, 0.15) is 36.1 Å². The molecule has 1 heterocycles. The number of anilines is 1. The second-order valence-corrected chi connectivity index (χ2v) is 5.87. The van der Waals surface area contributed by atoms with Gasteiger partial charge in [-0.25, -0.2) is 0 Å². The van der Waals surface area contributed by atoms with E-state index in [0.717, 1.165) is 31.1 Å². The first kappa shape index (κ1) is 14.8. The first-order chi connectivity index (χ1) is 10.6. The maximum atomic E-state index is 5.78. The minimum Gasteiger partial charge on any atom is -0.490 e. The van der Waals surface area contributed by atoms with Gasteiger partial charge in [-0.15, -0.1) is 0 Å². The Hall–Kier alpha value is -2.16. The molecule has 1 aliphatic rings. The maximum Gasteiger partial charge on any atom is 0.161 e. The van der Waals surface area contributed by atoms with Crippen molar-refractivity contribution in [2.45, 2.75) is 33.2 Å². The highest BCUT2D eigenvalue weighted by atomic mass is 16.5. The molecule has 0 fully saturated rings. The largest absolute Gasteiger partial charge is 0.490 e. The van der Waals surface area contributed by atoms with E-state index in [-0.39, 0.29) is 6.04 Å². The number of nitrogens with one attached hydrogen (secondary N) is 1. The van der Waals surface area contributed by atoms with Crippen LogP contribution < -0.4 is 14.8 Å². The fourth-order valence-electron chi connectivity index (χ4n) is 2.67. The molecule has 0 amide bonds. The molecule has 0 spiro atoms. The highest BCUT2D eigenvalue weighted by molar-refractivity contribution is 5.55. The smallest absolute Gasteiger partial charge is 0.161 e. The van der Waals surface area contributed by atoms with Crippen molar-refractivity contribution in [1.82, 2.24) is 0 Å². The van der Waals surface area contributed by atoms with E-state index >= 15 is 0 Å². The Balaban J connectivity index is 1.81. The first-order valence-electron chi connectivity index (χ1n) is 7.87. The van der Waals surface area contributed by atoms with E-state index in [1.54, 1.807) is 0 Å². The van der Waals surface area contributed by atoms with Crippen LogP contribution in [-0.4, -0.2) is 13.2 Å². The third-order valence-electron chi connectivity index (χ3n) is 4.25. The summed E-state index contributed by atoms with van der Waals surface area (Å²) >= 11 is 0. The summed E-state index contributed by atoms with van der Waals surface area (Å²) in [7, 11) is 0. The van der Waals surface area contributed by atoms with Gasteiger partial charge in [-0.05, 0) is 55.7 Å². The van der Waals surface area contributed by atoms with Crippen molar-refractivity contribution in [1.29, 1.82) is 0 Å². The van der Waals surface area contributed by atoms with Crippen LogP contribution in [0, 0.1) is 13.8 Å². The van der Waals surface area contributed by atoms with E-state index in [1.807, 2.05) is 6.07 Å². The van der Waals surface area contributed by atoms with Crippen LogP contribution in [0.5, 0.6) is 11.5 Å². The van der Waals surface area contributed by atoms with Crippen molar-refractivity contribution < 1.29 is 9.47 Å². The number of hydrogen-bond acceptors (Lipinski definition) is 3. The zero-order chi connectivity index (χ0) is 15.5. The quantitative estimate of drug-likeness (QED) is 0.895. The van der Waals surface area contributed by atoms with Crippen LogP contribution in [0.3, 0.4) is 0 Å². The fraction of sp³-hybridized carbons (Fsp3) is 0.368. The van der Waals surface area contributed by atoms with Crippen molar-refractivity contribution in [3.05, 3.63) is 53.1 Å². The summed E-state index contributed by atoms with van der Waals surface area (Å²) < 4.78 is 11.5. The lowest BCUT2D eigenvalue weighted by Gasteiger charge is -2.19. The molecule has 2 aromatic rings. The summed E-state index contributed by atoms with van der Waals surface area (Å²) in [5.41, 5.74) is 4.98. The topological polar surface area (TPSA) is 30.5 Å². The normalized spacial score (nSPS) is 15.0. The molecule has 3 rings (SSSR count). The number of aryl methyl sites for hydroxylation is 1. The molecule has 0 aliphatic carbocycles. The lowest BCUT2D eigenvalue weighted by molar-refractivity contribution is 0.297. The summed E-state index contributed by atoms with van der Waals surface area (Å²) in [6, 6.07) is 12.8. The van der Waals surface area contributed by atoms with Gasteiger partial charge in [0, 0.05) is 18.2 Å². The van der Waals surface area contributed by atoms with Gasteiger partial charge in [0.2, 0.25) is 0 Å². The summed E-state index contributed by atoms with van der Waals surface area (Å²) in [6.07, 6.45) is 0.931. The molecule has 0 saturated heterocycles. The molecule has 0 bridgehead atoms. The first-order valence-corrected chi connectivity index (χ1v) is 7.87. The van der Waals surface area contributed by atoms with Crippen LogP contribution in [-0.2, 0) is 0 Å². The monoisotopic (exact) mass is 297 g/mol. The third kappa shape index (κ3) is 3.03. The number of hydrogen-bond donors (Lipinski definition) is 1. The summed E-state index contributed by atoms with van der Waals surface area (Å²) in [6.45, 7) is 7.90. The number of ether oxygens (including phenoxy) is 2. The van der Waals surface area contributed by atoms with Crippen LogP contribution in [0.15, 0.2) is 36.4 Å². The predicted octanol–water partition coefficient (Wildman–Crippen LogP) is 4.64. The Labute approximate surface area is 132 Å². The van der Waals surface area contributed by atoms with Gasteiger partial charge in [0.1, 0.15) is 0 Å². The van der Waals surface area contributed by atoms with Gasteiger partial charge in [0.25, 0.3) is 0 Å². The van der Waals surface area contributed by atoms with Gasteiger partial charge >= 0.3 is 0 Å². The highest BCUT2D eigenvalue weighted by Crippen LogP contribution is 2.33. The van der Waals surface area contributed by atoms with Gasteiger partial charge in [-0.1, -0.05) is 18.2 Å². The van der Waals surface area contributed by atoms with Crippen LogP contribution in [0.25, 0.3) is 0 Å². The SMILES string of the molecule is Cc1cccc(NC(C)c2ccc3c(c2)OCCCO3)c1C. The second-order valence-electron chi connectivity index (χ2n) is 5.87. The Bertz CT molecular complexity index is 666. The Morgan fingerprint density at radius 2 is 1.77 bits per heavy atom. The van der Waals surface area contributed by atoms with Gasteiger partial charge < -0.3 is 14.8 Å². The fourth-order valence-corrected chi connectivity index (χ4v) is 2.67.